The maximum atomic E-state index is 10.6. The minimum absolute atomic E-state index is 0.218. The number of ether oxygens (including phenoxy) is 2. The molecule has 0 radical (unpaired) electrons. The third-order valence-corrected chi connectivity index (χ3v) is 8.90. The predicted molar refractivity (Wildman–Crippen MR) is 193 cm³/mol. The van der Waals surface area contributed by atoms with Crippen molar-refractivity contribution < 1.29 is 19.7 Å². The second kappa shape index (κ2) is 16.9. The van der Waals surface area contributed by atoms with Crippen molar-refractivity contribution in [2.75, 3.05) is 13.2 Å². The fourth-order valence-electron chi connectivity index (χ4n) is 6.41. The summed E-state index contributed by atoms with van der Waals surface area (Å²) in [5.41, 5.74) is 4.10. The molecule has 4 nitrogen and oxygen atoms in total. The fourth-order valence-corrected chi connectivity index (χ4v) is 6.41. The summed E-state index contributed by atoms with van der Waals surface area (Å²) in [5, 5.41) is 25.2. The molecule has 5 aromatic carbocycles. The number of rotatable bonds is 18. The number of phenols is 2. The Labute approximate surface area is 275 Å². The highest BCUT2D eigenvalue weighted by molar-refractivity contribution is 6.21. The van der Waals surface area contributed by atoms with Gasteiger partial charge in [-0.15, -0.1) is 0 Å². The number of benzene rings is 5. The molecule has 0 heterocycles. The van der Waals surface area contributed by atoms with E-state index in [-0.39, 0.29) is 11.5 Å². The van der Waals surface area contributed by atoms with Gasteiger partial charge in [-0.1, -0.05) is 114 Å². The Morgan fingerprint density at radius 1 is 0.413 bits per heavy atom. The molecule has 0 amide bonds. The van der Waals surface area contributed by atoms with Gasteiger partial charge < -0.3 is 19.7 Å². The second-order valence-electron chi connectivity index (χ2n) is 12.5. The molecule has 0 spiro atoms. The summed E-state index contributed by atoms with van der Waals surface area (Å²) in [6.07, 6.45) is 14.8. The van der Waals surface area contributed by atoms with Gasteiger partial charge in [0, 0.05) is 0 Å². The Kier molecular flexibility index (Phi) is 12.2. The molecule has 5 rings (SSSR count). The molecular weight excluding hydrogens is 568 g/mol. The van der Waals surface area contributed by atoms with Crippen LogP contribution in [-0.2, 0) is 0 Å². The summed E-state index contributed by atoms with van der Waals surface area (Å²) in [6, 6.07) is 27.6. The molecule has 5 aromatic rings. The zero-order chi connectivity index (χ0) is 32.1. The lowest BCUT2D eigenvalue weighted by molar-refractivity contribution is 0.304. The number of hydrogen-bond donors (Lipinski definition) is 2. The zero-order valence-electron chi connectivity index (χ0n) is 27.7. The van der Waals surface area contributed by atoms with Gasteiger partial charge in [-0.2, -0.15) is 0 Å². The molecule has 4 heteroatoms. The molecule has 0 aliphatic heterocycles. The van der Waals surface area contributed by atoms with Gasteiger partial charge in [0.1, 0.15) is 23.0 Å². The SMILES string of the molecule is CCCCCCCCOc1ccc(-c2c3ccc(O)cc3c(-c3ccc(OCCCCCCCC)cc3)c3ccc(O)cc23)cc1. The molecule has 0 aliphatic carbocycles. The van der Waals surface area contributed by atoms with Gasteiger partial charge in [-0.05, 0) is 105 Å². The maximum Gasteiger partial charge on any atom is 0.119 e. The van der Waals surface area contributed by atoms with Crippen LogP contribution in [0.25, 0.3) is 43.8 Å². The van der Waals surface area contributed by atoms with Gasteiger partial charge in [-0.3, -0.25) is 0 Å². The quantitative estimate of drug-likeness (QED) is 0.0757. The van der Waals surface area contributed by atoms with Crippen LogP contribution in [0.4, 0.5) is 0 Å². The molecule has 0 bridgehead atoms. The summed E-state index contributed by atoms with van der Waals surface area (Å²) in [5.74, 6) is 2.16. The predicted octanol–water partition coefficient (Wildman–Crippen LogP) is 12.2. The third-order valence-electron chi connectivity index (χ3n) is 8.90. The molecule has 2 N–H and O–H groups in total. The van der Waals surface area contributed by atoms with E-state index in [9.17, 15) is 10.2 Å². The second-order valence-corrected chi connectivity index (χ2v) is 12.5. The van der Waals surface area contributed by atoms with Crippen molar-refractivity contribution in [2.24, 2.45) is 0 Å². The summed E-state index contributed by atoms with van der Waals surface area (Å²) >= 11 is 0. The van der Waals surface area contributed by atoms with E-state index >= 15 is 0 Å². The van der Waals surface area contributed by atoms with E-state index in [0.29, 0.717) is 0 Å². The smallest absolute Gasteiger partial charge is 0.119 e. The van der Waals surface area contributed by atoms with Crippen molar-refractivity contribution in [1.82, 2.24) is 0 Å². The number of phenolic OH excluding ortho intramolecular Hbond substituents is 2. The van der Waals surface area contributed by atoms with Crippen LogP contribution in [0.2, 0.25) is 0 Å². The van der Waals surface area contributed by atoms with Crippen LogP contribution in [0.15, 0.2) is 84.9 Å². The minimum atomic E-state index is 0.218. The summed E-state index contributed by atoms with van der Waals surface area (Å²) in [7, 11) is 0. The van der Waals surface area contributed by atoms with Gasteiger partial charge in [0.2, 0.25) is 0 Å². The van der Waals surface area contributed by atoms with E-state index in [1.807, 2.05) is 48.5 Å². The van der Waals surface area contributed by atoms with Gasteiger partial charge in [0.15, 0.2) is 0 Å². The Morgan fingerprint density at radius 2 is 0.783 bits per heavy atom. The number of aromatic hydroxyl groups is 2. The van der Waals surface area contributed by atoms with Crippen molar-refractivity contribution in [3.63, 3.8) is 0 Å². The Morgan fingerprint density at radius 3 is 1.17 bits per heavy atom. The molecule has 0 saturated heterocycles. The molecular formula is C42H50O4. The molecule has 0 saturated carbocycles. The highest BCUT2D eigenvalue weighted by Crippen LogP contribution is 2.45. The van der Waals surface area contributed by atoms with Crippen LogP contribution in [0.3, 0.4) is 0 Å². The summed E-state index contributed by atoms with van der Waals surface area (Å²) < 4.78 is 12.1. The van der Waals surface area contributed by atoms with E-state index in [2.05, 4.69) is 38.1 Å². The zero-order valence-corrected chi connectivity index (χ0v) is 27.7. The van der Waals surface area contributed by atoms with Crippen LogP contribution >= 0.6 is 0 Å². The standard InChI is InChI=1S/C42H50O4/c1-3-5-7-9-11-13-27-45-35-21-15-31(16-22-35)41-37-25-19-34(44)30-40(37)42(38-26-20-33(43)29-39(38)41)32-17-23-36(24-18-32)46-28-14-12-10-8-6-4-2/h15-26,29-30,43-44H,3-14,27-28H2,1-2H3. The molecule has 242 valence electrons. The highest BCUT2D eigenvalue weighted by atomic mass is 16.5. The molecule has 0 aliphatic rings. The lowest BCUT2D eigenvalue weighted by atomic mass is 9.85. The van der Waals surface area contributed by atoms with Crippen molar-refractivity contribution in [3.8, 4) is 45.3 Å². The number of fused-ring (bicyclic) bond motifs is 2. The van der Waals surface area contributed by atoms with Gasteiger partial charge >= 0.3 is 0 Å². The van der Waals surface area contributed by atoms with Crippen molar-refractivity contribution in [1.29, 1.82) is 0 Å². The maximum absolute atomic E-state index is 10.6. The van der Waals surface area contributed by atoms with E-state index in [0.717, 1.165) is 81.4 Å². The average Bonchev–Trinajstić information content (AvgIpc) is 3.07. The first-order valence-electron chi connectivity index (χ1n) is 17.5. The van der Waals surface area contributed by atoms with Crippen molar-refractivity contribution in [2.45, 2.75) is 90.9 Å². The van der Waals surface area contributed by atoms with E-state index in [1.165, 1.54) is 64.2 Å². The highest BCUT2D eigenvalue weighted by Gasteiger charge is 2.18. The summed E-state index contributed by atoms with van der Waals surface area (Å²) in [6.45, 7) is 5.93. The van der Waals surface area contributed by atoms with E-state index in [1.54, 1.807) is 12.1 Å². The van der Waals surface area contributed by atoms with Crippen molar-refractivity contribution in [3.05, 3.63) is 84.9 Å². The summed E-state index contributed by atoms with van der Waals surface area (Å²) in [4.78, 5) is 0. The van der Waals surface area contributed by atoms with E-state index < -0.39 is 0 Å². The van der Waals surface area contributed by atoms with Crippen LogP contribution in [-0.4, -0.2) is 23.4 Å². The lowest BCUT2D eigenvalue weighted by Gasteiger charge is -2.19. The van der Waals surface area contributed by atoms with Crippen LogP contribution in [0, 0.1) is 0 Å². The first-order chi connectivity index (χ1) is 22.6. The van der Waals surface area contributed by atoms with Crippen LogP contribution in [0.1, 0.15) is 90.9 Å². The van der Waals surface area contributed by atoms with Gasteiger partial charge in [0.25, 0.3) is 0 Å². The lowest BCUT2D eigenvalue weighted by Crippen LogP contribution is -1.97. The van der Waals surface area contributed by atoms with Crippen molar-refractivity contribution >= 4 is 21.5 Å². The van der Waals surface area contributed by atoms with Gasteiger partial charge in [-0.25, -0.2) is 0 Å². The third kappa shape index (κ3) is 8.54. The Balaban J connectivity index is 1.41. The monoisotopic (exact) mass is 618 g/mol. The molecule has 46 heavy (non-hydrogen) atoms. The minimum Gasteiger partial charge on any atom is -0.508 e. The average molecular weight is 619 g/mol. The Bertz CT molecular complexity index is 1540. The molecule has 0 fully saturated rings. The van der Waals surface area contributed by atoms with Crippen LogP contribution in [0.5, 0.6) is 23.0 Å². The number of hydrogen-bond acceptors (Lipinski definition) is 4. The first kappa shape index (κ1) is 33.2. The fraction of sp³-hybridized carbons (Fsp3) is 0.381. The van der Waals surface area contributed by atoms with E-state index in [4.69, 9.17) is 9.47 Å². The molecule has 0 atom stereocenters. The van der Waals surface area contributed by atoms with Gasteiger partial charge in [0.05, 0.1) is 13.2 Å². The first-order valence-corrected chi connectivity index (χ1v) is 17.5. The normalized spacial score (nSPS) is 11.3. The molecule has 0 aromatic heterocycles. The van der Waals surface area contributed by atoms with Crippen LogP contribution < -0.4 is 9.47 Å². The Hall–Kier alpha value is -4.18. The largest absolute Gasteiger partial charge is 0.508 e. The molecule has 0 unspecified atom stereocenters. The topological polar surface area (TPSA) is 58.9 Å². The number of unbranched alkanes of at least 4 members (excludes halogenated alkanes) is 10.